The molecule has 2 N–H and O–H groups in total. The Morgan fingerprint density at radius 1 is 0.896 bits per heavy atom. The largest absolute Gasteiger partial charge is 0.378 e. The summed E-state index contributed by atoms with van der Waals surface area (Å²) in [5.74, 6) is -0.0579. The predicted molar refractivity (Wildman–Crippen MR) is 181 cm³/mol. The van der Waals surface area contributed by atoms with Crippen LogP contribution in [0.15, 0.2) is 83.9 Å². The topological polar surface area (TPSA) is 147 Å². The summed E-state index contributed by atoms with van der Waals surface area (Å²) < 4.78 is 45.3. The van der Waals surface area contributed by atoms with Crippen LogP contribution < -0.4 is 15.5 Å². The van der Waals surface area contributed by atoms with Crippen molar-refractivity contribution >= 4 is 50.0 Å². The molecule has 48 heavy (non-hydrogen) atoms. The van der Waals surface area contributed by atoms with E-state index in [0.717, 1.165) is 6.26 Å². The molecule has 2 aromatic heterocycles. The number of rotatable bonds is 7. The van der Waals surface area contributed by atoms with Gasteiger partial charge in [0.1, 0.15) is 11.3 Å². The van der Waals surface area contributed by atoms with Crippen molar-refractivity contribution in [2.24, 2.45) is 0 Å². The highest BCUT2D eigenvalue weighted by Crippen LogP contribution is 2.31. The molecule has 1 saturated heterocycles. The van der Waals surface area contributed by atoms with Gasteiger partial charge in [-0.15, -0.1) is 0 Å². The summed E-state index contributed by atoms with van der Waals surface area (Å²) >= 11 is 0. The van der Waals surface area contributed by atoms with Crippen molar-refractivity contribution in [3.8, 4) is 22.5 Å². The van der Waals surface area contributed by atoms with Crippen molar-refractivity contribution in [1.29, 1.82) is 0 Å². The fourth-order valence-corrected chi connectivity index (χ4v) is 5.85. The van der Waals surface area contributed by atoms with Crippen LogP contribution in [0.25, 0.3) is 33.5 Å². The molecule has 0 saturated carbocycles. The first-order valence-corrected chi connectivity index (χ1v) is 16.9. The Hall–Kier alpha value is -5.47. The van der Waals surface area contributed by atoms with Gasteiger partial charge in [-0.05, 0) is 66.2 Å². The lowest BCUT2D eigenvalue weighted by Crippen LogP contribution is -2.37. The highest BCUT2D eigenvalue weighted by atomic mass is 32.2. The Kier molecular flexibility index (Phi) is 9.02. The Morgan fingerprint density at radius 3 is 2.33 bits per heavy atom. The van der Waals surface area contributed by atoms with E-state index < -0.39 is 21.7 Å². The van der Waals surface area contributed by atoms with Crippen LogP contribution in [-0.2, 0) is 14.6 Å². The van der Waals surface area contributed by atoms with Crippen molar-refractivity contribution in [3.05, 3.63) is 90.4 Å². The third kappa shape index (κ3) is 7.09. The lowest BCUT2D eigenvalue weighted by Gasteiger charge is -2.28. The van der Waals surface area contributed by atoms with Crippen molar-refractivity contribution < 1.29 is 27.1 Å². The van der Waals surface area contributed by atoms with Crippen LogP contribution in [0.4, 0.5) is 26.4 Å². The monoisotopic (exact) mass is 669 g/mol. The fraction of sp³-hybridized carbons (Fsp3) is 0.206. The number of hydrogen-bond acceptors (Lipinski definition) is 9. The van der Waals surface area contributed by atoms with Gasteiger partial charge in [-0.25, -0.2) is 27.6 Å². The molecule has 1 fully saturated rings. The SMILES string of the molecule is CN(C)C(=O)c1ccc(NC(=O)Nc2ccc(-c3nc(N4CCOCC4)c4ncc(-c5cccc(S(C)(=O)=O)c5)cc4n3)cc2F)cc1. The van der Waals surface area contributed by atoms with Gasteiger partial charge in [0, 0.05) is 62.0 Å². The van der Waals surface area contributed by atoms with E-state index in [1.807, 2.05) is 4.90 Å². The molecule has 0 spiro atoms. The quantitative estimate of drug-likeness (QED) is 0.242. The molecule has 0 bridgehead atoms. The van der Waals surface area contributed by atoms with Gasteiger partial charge in [-0.1, -0.05) is 12.1 Å². The average Bonchev–Trinajstić information content (AvgIpc) is 3.08. The molecular weight excluding hydrogens is 637 g/mol. The summed E-state index contributed by atoms with van der Waals surface area (Å²) in [4.78, 5) is 42.6. The highest BCUT2D eigenvalue weighted by molar-refractivity contribution is 7.90. The zero-order chi connectivity index (χ0) is 34.0. The van der Waals surface area contributed by atoms with Crippen LogP contribution in [0.5, 0.6) is 0 Å². The summed E-state index contributed by atoms with van der Waals surface area (Å²) in [6, 6.07) is 18.4. The third-order valence-electron chi connectivity index (χ3n) is 7.70. The molecule has 12 nitrogen and oxygen atoms in total. The number of halogens is 1. The van der Waals surface area contributed by atoms with Gasteiger partial charge >= 0.3 is 6.03 Å². The molecule has 3 aromatic carbocycles. The number of aromatic nitrogens is 3. The third-order valence-corrected chi connectivity index (χ3v) is 8.81. The van der Waals surface area contributed by atoms with Crippen LogP contribution >= 0.6 is 0 Å². The zero-order valence-electron chi connectivity index (χ0n) is 26.4. The van der Waals surface area contributed by atoms with E-state index in [2.05, 4.69) is 15.6 Å². The Bertz CT molecular complexity index is 2140. The number of carbonyl (C=O) groups excluding carboxylic acids is 2. The summed E-state index contributed by atoms with van der Waals surface area (Å²) in [6.07, 6.45) is 2.81. The number of sulfone groups is 1. The van der Waals surface area contributed by atoms with Crippen LogP contribution in [0.1, 0.15) is 10.4 Å². The lowest BCUT2D eigenvalue weighted by atomic mass is 10.1. The van der Waals surface area contributed by atoms with Crippen molar-refractivity contribution in [2.45, 2.75) is 4.90 Å². The number of anilines is 3. The second kappa shape index (κ2) is 13.3. The number of carbonyl (C=O) groups is 2. The van der Waals surface area contributed by atoms with Gasteiger partial charge < -0.3 is 25.2 Å². The van der Waals surface area contributed by atoms with Crippen LogP contribution in [-0.4, -0.2) is 86.9 Å². The molecule has 1 aliphatic heterocycles. The maximum Gasteiger partial charge on any atom is 0.323 e. The van der Waals surface area contributed by atoms with Gasteiger partial charge in [0.15, 0.2) is 21.5 Å². The van der Waals surface area contributed by atoms with E-state index >= 15 is 4.39 Å². The number of pyridine rings is 1. The standard InChI is InChI=1S/C34H32FN7O5S/c1-41(2)33(43)21-7-10-25(11-8-21)37-34(44)39-28-12-9-23(18-27(28)35)31-38-29-19-24(22-5-4-6-26(17-22)48(3,45)46)20-36-30(29)32(40-31)42-13-15-47-16-14-42/h4-12,17-20H,13-16H2,1-3H3,(H2,37,39,44). The van der Waals surface area contributed by atoms with E-state index in [9.17, 15) is 18.0 Å². The first kappa shape index (κ1) is 32.5. The molecule has 1 aliphatic rings. The van der Waals surface area contributed by atoms with Crippen molar-refractivity contribution in [2.75, 3.05) is 62.2 Å². The lowest BCUT2D eigenvalue weighted by molar-refractivity contribution is 0.0827. The van der Waals surface area contributed by atoms with Crippen molar-refractivity contribution in [3.63, 3.8) is 0 Å². The Morgan fingerprint density at radius 2 is 1.65 bits per heavy atom. The zero-order valence-corrected chi connectivity index (χ0v) is 27.2. The molecule has 0 atom stereocenters. The summed E-state index contributed by atoms with van der Waals surface area (Å²) in [7, 11) is -0.125. The molecular formula is C34H32FN7O5S. The van der Waals surface area contributed by atoms with Gasteiger partial charge in [0.25, 0.3) is 5.91 Å². The molecule has 5 aromatic rings. The molecule has 246 valence electrons. The van der Waals surface area contributed by atoms with E-state index in [4.69, 9.17) is 14.7 Å². The maximum atomic E-state index is 15.4. The minimum atomic E-state index is -3.42. The van der Waals surface area contributed by atoms with Gasteiger partial charge in [-0.2, -0.15) is 0 Å². The predicted octanol–water partition coefficient (Wildman–Crippen LogP) is 5.08. The minimum absolute atomic E-state index is 0.0560. The maximum absolute atomic E-state index is 15.4. The first-order valence-electron chi connectivity index (χ1n) is 15.0. The molecule has 0 unspecified atom stereocenters. The number of amides is 3. The summed E-state index contributed by atoms with van der Waals surface area (Å²) in [5, 5.41) is 5.14. The van der Waals surface area contributed by atoms with Gasteiger partial charge in [0.2, 0.25) is 0 Å². The second-order valence-electron chi connectivity index (χ2n) is 11.4. The molecule has 3 heterocycles. The van der Waals surface area contributed by atoms with Crippen LogP contribution in [0.2, 0.25) is 0 Å². The van der Waals surface area contributed by atoms with E-state index in [1.165, 1.54) is 23.1 Å². The number of hydrogen-bond donors (Lipinski definition) is 2. The number of nitrogens with zero attached hydrogens (tertiary/aromatic N) is 5. The molecule has 0 aliphatic carbocycles. The van der Waals surface area contributed by atoms with Crippen LogP contribution in [0.3, 0.4) is 0 Å². The number of morpholine rings is 1. The highest BCUT2D eigenvalue weighted by Gasteiger charge is 2.21. The molecule has 14 heteroatoms. The van der Waals surface area contributed by atoms with Gasteiger partial charge in [0.05, 0.1) is 29.3 Å². The second-order valence-corrected chi connectivity index (χ2v) is 13.4. The van der Waals surface area contributed by atoms with E-state index in [1.54, 1.807) is 74.9 Å². The number of fused-ring (bicyclic) bond motifs is 1. The number of nitrogens with one attached hydrogen (secondary N) is 2. The smallest absolute Gasteiger partial charge is 0.323 e. The normalized spacial score (nSPS) is 13.3. The average molecular weight is 670 g/mol. The number of ether oxygens (including phenoxy) is 1. The Labute approximate surface area is 276 Å². The summed E-state index contributed by atoms with van der Waals surface area (Å²) in [6.45, 7) is 2.16. The first-order chi connectivity index (χ1) is 23.0. The van der Waals surface area contributed by atoms with Crippen LogP contribution in [0, 0.1) is 5.82 Å². The molecule has 6 rings (SSSR count). The Balaban J connectivity index is 1.29. The van der Waals surface area contributed by atoms with E-state index in [-0.39, 0.29) is 22.3 Å². The van der Waals surface area contributed by atoms with Gasteiger partial charge in [-0.3, -0.25) is 9.78 Å². The molecule has 3 amide bonds. The number of benzene rings is 3. The van der Waals surface area contributed by atoms with E-state index in [0.29, 0.717) is 71.1 Å². The number of urea groups is 1. The molecule has 0 radical (unpaired) electrons. The minimum Gasteiger partial charge on any atom is -0.378 e. The fourth-order valence-electron chi connectivity index (χ4n) is 5.19. The van der Waals surface area contributed by atoms with Crippen molar-refractivity contribution in [1.82, 2.24) is 19.9 Å². The summed E-state index contributed by atoms with van der Waals surface area (Å²) in [5.41, 5.74) is 3.55.